The molecule has 1 fully saturated rings. The average molecular weight is 417 g/mol. The molecule has 28 heavy (non-hydrogen) atoms. The molecule has 146 valence electrons. The summed E-state index contributed by atoms with van der Waals surface area (Å²) in [5.74, 6) is 1.65. The first-order valence-corrected chi connectivity index (χ1v) is 11.0. The van der Waals surface area contributed by atoms with E-state index in [9.17, 15) is 8.42 Å². The lowest BCUT2D eigenvalue weighted by molar-refractivity contribution is 0.313. The van der Waals surface area contributed by atoms with E-state index in [0.717, 1.165) is 11.4 Å². The molecule has 8 heteroatoms. The summed E-state index contributed by atoms with van der Waals surface area (Å²) < 4.78 is 27.6. The highest BCUT2D eigenvalue weighted by molar-refractivity contribution is 7.89. The minimum Gasteiger partial charge on any atom is -0.262 e. The van der Waals surface area contributed by atoms with Crippen molar-refractivity contribution >= 4 is 21.6 Å². The molecule has 2 heterocycles. The Morgan fingerprint density at radius 1 is 1.11 bits per heavy atom. The molecule has 0 aliphatic carbocycles. The van der Waals surface area contributed by atoms with Crippen molar-refractivity contribution < 1.29 is 8.42 Å². The van der Waals surface area contributed by atoms with Gasteiger partial charge in [-0.25, -0.2) is 13.4 Å². The fourth-order valence-electron chi connectivity index (χ4n) is 3.53. The lowest BCUT2D eigenvalue weighted by Gasteiger charge is -2.30. The van der Waals surface area contributed by atoms with Gasteiger partial charge in [-0.1, -0.05) is 48.0 Å². The number of aryl methyl sites for hydroxylation is 1. The largest absolute Gasteiger partial charge is 0.262 e. The number of aromatic amines is 1. The molecule has 1 aliphatic heterocycles. The zero-order valence-corrected chi connectivity index (χ0v) is 17.0. The van der Waals surface area contributed by atoms with Gasteiger partial charge in [0.2, 0.25) is 10.0 Å². The second-order valence-electron chi connectivity index (χ2n) is 7.00. The van der Waals surface area contributed by atoms with Gasteiger partial charge in [0, 0.05) is 29.6 Å². The SMILES string of the molecule is Cc1ccc(Cl)cc1S(=O)(=O)N1CCC(c2nc(-c3ccccc3)n[nH]2)CC1. The molecule has 0 spiro atoms. The molecule has 2 aromatic carbocycles. The van der Waals surface area contributed by atoms with Gasteiger partial charge in [-0.2, -0.15) is 9.40 Å². The molecule has 1 saturated heterocycles. The number of benzene rings is 2. The zero-order valence-electron chi connectivity index (χ0n) is 15.5. The van der Waals surface area contributed by atoms with Crippen LogP contribution in [0.15, 0.2) is 53.4 Å². The van der Waals surface area contributed by atoms with E-state index in [2.05, 4.69) is 15.2 Å². The molecule has 4 rings (SSSR count). The molecule has 0 amide bonds. The van der Waals surface area contributed by atoms with Gasteiger partial charge in [0.05, 0.1) is 4.90 Å². The van der Waals surface area contributed by atoms with Crippen LogP contribution < -0.4 is 0 Å². The predicted octanol–water partition coefficient (Wildman–Crippen LogP) is 4.00. The summed E-state index contributed by atoms with van der Waals surface area (Å²) in [6, 6.07) is 14.8. The van der Waals surface area contributed by atoms with Gasteiger partial charge < -0.3 is 0 Å². The van der Waals surface area contributed by atoms with Crippen molar-refractivity contribution in [2.75, 3.05) is 13.1 Å². The van der Waals surface area contributed by atoms with Crippen molar-refractivity contribution in [3.8, 4) is 11.4 Å². The van der Waals surface area contributed by atoms with Crippen LogP contribution in [0.2, 0.25) is 5.02 Å². The van der Waals surface area contributed by atoms with Crippen molar-refractivity contribution in [2.45, 2.75) is 30.6 Å². The molecule has 6 nitrogen and oxygen atoms in total. The number of piperidine rings is 1. The van der Waals surface area contributed by atoms with E-state index in [-0.39, 0.29) is 10.8 Å². The van der Waals surface area contributed by atoms with E-state index in [1.54, 1.807) is 19.1 Å². The molecule has 0 saturated carbocycles. The average Bonchev–Trinajstić information content (AvgIpc) is 3.21. The summed E-state index contributed by atoms with van der Waals surface area (Å²) in [6.07, 6.45) is 1.39. The minimum atomic E-state index is -3.56. The number of nitrogens with one attached hydrogen (secondary N) is 1. The van der Waals surface area contributed by atoms with Crippen LogP contribution in [-0.2, 0) is 10.0 Å². The lowest BCUT2D eigenvalue weighted by atomic mass is 9.97. The van der Waals surface area contributed by atoms with E-state index < -0.39 is 10.0 Å². The highest BCUT2D eigenvalue weighted by atomic mass is 35.5. The number of hydrogen-bond donors (Lipinski definition) is 1. The molecule has 3 aromatic rings. The van der Waals surface area contributed by atoms with Gasteiger partial charge >= 0.3 is 0 Å². The first-order chi connectivity index (χ1) is 13.4. The van der Waals surface area contributed by atoms with Crippen LogP contribution in [0.1, 0.15) is 30.1 Å². The van der Waals surface area contributed by atoms with Crippen LogP contribution >= 0.6 is 11.6 Å². The number of aromatic nitrogens is 3. The van der Waals surface area contributed by atoms with Crippen molar-refractivity contribution in [1.29, 1.82) is 0 Å². The van der Waals surface area contributed by atoms with E-state index in [0.29, 0.717) is 42.3 Å². The van der Waals surface area contributed by atoms with Crippen molar-refractivity contribution in [2.24, 2.45) is 0 Å². The molecule has 1 aliphatic rings. The fourth-order valence-corrected chi connectivity index (χ4v) is 5.49. The maximum atomic E-state index is 13.0. The highest BCUT2D eigenvalue weighted by Gasteiger charge is 2.32. The molecule has 0 bridgehead atoms. The molecule has 0 unspecified atom stereocenters. The molecule has 0 radical (unpaired) electrons. The van der Waals surface area contributed by atoms with Crippen molar-refractivity contribution in [3.05, 3.63) is 64.9 Å². The number of H-pyrrole nitrogens is 1. The number of nitrogens with zero attached hydrogens (tertiary/aromatic N) is 3. The molecule has 0 atom stereocenters. The monoisotopic (exact) mass is 416 g/mol. The first kappa shape index (κ1) is 19.1. The van der Waals surface area contributed by atoms with Gasteiger partial charge in [0.25, 0.3) is 0 Å². The maximum Gasteiger partial charge on any atom is 0.243 e. The minimum absolute atomic E-state index is 0.164. The second-order valence-corrected chi connectivity index (χ2v) is 9.34. The fraction of sp³-hybridized carbons (Fsp3) is 0.300. The lowest BCUT2D eigenvalue weighted by Crippen LogP contribution is -2.38. The summed E-state index contributed by atoms with van der Waals surface area (Å²) in [7, 11) is -3.56. The van der Waals surface area contributed by atoms with E-state index in [1.165, 1.54) is 10.4 Å². The normalized spacial score (nSPS) is 16.4. The van der Waals surface area contributed by atoms with E-state index >= 15 is 0 Å². The van der Waals surface area contributed by atoms with Crippen molar-refractivity contribution in [3.63, 3.8) is 0 Å². The highest BCUT2D eigenvalue weighted by Crippen LogP contribution is 2.31. The van der Waals surface area contributed by atoms with E-state index in [1.807, 2.05) is 30.3 Å². The molecule has 1 N–H and O–H groups in total. The Balaban J connectivity index is 1.48. The Kier molecular flexibility index (Phi) is 5.23. The Labute approximate surface area is 169 Å². The van der Waals surface area contributed by atoms with Crippen LogP contribution in [0.25, 0.3) is 11.4 Å². The Morgan fingerprint density at radius 2 is 1.82 bits per heavy atom. The summed E-state index contributed by atoms with van der Waals surface area (Å²) in [6.45, 7) is 2.68. The van der Waals surface area contributed by atoms with Gasteiger partial charge in [-0.3, -0.25) is 5.10 Å². The third kappa shape index (κ3) is 3.70. The summed E-state index contributed by atoms with van der Waals surface area (Å²) >= 11 is 6.02. The summed E-state index contributed by atoms with van der Waals surface area (Å²) in [5, 5.41) is 7.77. The van der Waals surface area contributed by atoms with Gasteiger partial charge in [-0.05, 0) is 37.5 Å². The van der Waals surface area contributed by atoms with Crippen LogP contribution in [-0.4, -0.2) is 41.0 Å². The predicted molar refractivity (Wildman–Crippen MR) is 109 cm³/mol. The molecular formula is C20H21ClN4O2S. The number of sulfonamides is 1. The maximum absolute atomic E-state index is 13.0. The summed E-state index contributed by atoms with van der Waals surface area (Å²) in [5.41, 5.74) is 1.66. The second kappa shape index (κ2) is 7.66. The van der Waals surface area contributed by atoms with Crippen LogP contribution in [0.4, 0.5) is 0 Å². The number of hydrogen-bond acceptors (Lipinski definition) is 4. The standard InChI is InChI=1S/C20H21ClN4O2S/c1-14-7-8-17(21)13-18(14)28(26,27)25-11-9-16(10-12-25)20-22-19(23-24-20)15-5-3-2-4-6-15/h2-8,13,16H,9-12H2,1H3,(H,22,23,24). The number of rotatable bonds is 4. The first-order valence-electron chi connectivity index (χ1n) is 9.19. The molecular weight excluding hydrogens is 396 g/mol. The number of halogens is 1. The van der Waals surface area contributed by atoms with Crippen molar-refractivity contribution in [1.82, 2.24) is 19.5 Å². The van der Waals surface area contributed by atoms with Crippen LogP contribution in [0, 0.1) is 6.92 Å². The quantitative estimate of drug-likeness (QED) is 0.697. The third-order valence-corrected chi connectivity index (χ3v) is 7.42. The van der Waals surface area contributed by atoms with Gasteiger partial charge in [0.15, 0.2) is 5.82 Å². The third-order valence-electron chi connectivity index (χ3n) is 5.14. The van der Waals surface area contributed by atoms with Gasteiger partial charge in [-0.15, -0.1) is 0 Å². The zero-order chi connectivity index (χ0) is 19.7. The smallest absolute Gasteiger partial charge is 0.243 e. The molecule has 1 aromatic heterocycles. The topological polar surface area (TPSA) is 79.0 Å². The summed E-state index contributed by atoms with van der Waals surface area (Å²) in [4.78, 5) is 4.91. The Bertz CT molecular complexity index is 1070. The van der Waals surface area contributed by atoms with Crippen LogP contribution in [0.3, 0.4) is 0 Å². The Hall–Kier alpha value is -2.22. The van der Waals surface area contributed by atoms with Crippen LogP contribution in [0.5, 0.6) is 0 Å². The Morgan fingerprint density at radius 3 is 2.54 bits per heavy atom. The van der Waals surface area contributed by atoms with Gasteiger partial charge in [0.1, 0.15) is 5.82 Å². The van der Waals surface area contributed by atoms with E-state index in [4.69, 9.17) is 11.6 Å².